The zero-order valence-electron chi connectivity index (χ0n) is 20.1. The Kier molecular flexibility index (Phi) is 4.48. The Morgan fingerprint density at radius 1 is 0.658 bits per heavy atom. The number of hydrogen-bond acceptors (Lipinski definition) is 7. The lowest BCUT2D eigenvalue weighted by Crippen LogP contribution is -2.50. The summed E-state index contributed by atoms with van der Waals surface area (Å²) in [5, 5.41) is 16.2. The van der Waals surface area contributed by atoms with Crippen molar-refractivity contribution in [1.82, 2.24) is 15.0 Å². The van der Waals surface area contributed by atoms with Gasteiger partial charge < -0.3 is 4.74 Å². The Morgan fingerprint density at radius 2 is 1.24 bits per heavy atom. The first-order valence-corrected chi connectivity index (χ1v) is 12.7. The molecule has 4 aliphatic rings. The van der Waals surface area contributed by atoms with Gasteiger partial charge in [-0.15, -0.1) is 5.10 Å². The van der Waals surface area contributed by atoms with E-state index in [0.29, 0.717) is 11.4 Å². The summed E-state index contributed by atoms with van der Waals surface area (Å²) in [7, 11) is 0. The maximum absolute atomic E-state index is 13.7. The van der Waals surface area contributed by atoms with Gasteiger partial charge in [0.05, 0.1) is 65.0 Å². The standard InChI is InChI=1S/C29H22N6O3/c36-28-21-22(29(37)33(28)17-10-4-1-5-11-17)27-25-23(26(21)38-27)24(32-34(25)18-12-6-2-7-13-18)20-16-30-35(31-20)19-14-8-3-9-15-19/h1-16,21-23,25-27H. The molecule has 8 rings (SSSR count). The van der Waals surface area contributed by atoms with Crippen LogP contribution in [0.15, 0.2) is 102 Å². The molecule has 1 aromatic heterocycles. The fourth-order valence-corrected chi connectivity index (χ4v) is 6.54. The van der Waals surface area contributed by atoms with E-state index in [9.17, 15) is 9.59 Å². The molecule has 6 atom stereocenters. The highest BCUT2D eigenvalue weighted by Gasteiger charge is 2.72. The molecule has 3 fully saturated rings. The number of hydrogen-bond donors (Lipinski definition) is 0. The molecule has 0 spiro atoms. The number of anilines is 2. The van der Waals surface area contributed by atoms with Gasteiger partial charge in [-0.05, 0) is 36.4 Å². The highest BCUT2D eigenvalue weighted by Crippen LogP contribution is 2.56. The van der Waals surface area contributed by atoms with Crippen LogP contribution >= 0.6 is 0 Å². The van der Waals surface area contributed by atoms with E-state index >= 15 is 0 Å². The lowest BCUT2D eigenvalue weighted by molar-refractivity contribution is -0.125. The van der Waals surface area contributed by atoms with Crippen molar-refractivity contribution >= 4 is 28.9 Å². The Morgan fingerprint density at radius 3 is 1.89 bits per heavy atom. The average molecular weight is 503 g/mol. The van der Waals surface area contributed by atoms with Crippen molar-refractivity contribution in [3.05, 3.63) is 103 Å². The monoisotopic (exact) mass is 502 g/mol. The predicted octanol–water partition coefficient (Wildman–Crippen LogP) is 3.06. The molecule has 3 saturated heterocycles. The van der Waals surface area contributed by atoms with Crippen molar-refractivity contribution in [3.8, 4) is 5.69 Å². The molecule has 9 nitrogen and oxygen atoms in total. The fraction of sp³-hybridized carbons (Fsp3) is 0.207. The number of benzene rings is 3. The van der Waals surface area contributed by atoms with Crippen molar-refractivity contribution < 1.29 is 14.3 Å². The van der Waals surface area contributed by atoms with Gasteiger partial charge in [-0.25, -0.2) is 4.90 Å². The van der Waals surface area contributed by atoms with Crippen LogP contribution in [0.4, 0.5) is 11.4 Å². The maximum atomic E-state index is 13.7. The van der Waals surface area contributed by atoms with Crippen LogP contribution in [0.25, 0.3) is 5.69 Å². The fourth-order valence-electron chi connectivity index (χ4n) is 6.54. The molecule has 0 N–H and O–H groups in total. The SMILES string of the molecule is O=C1C2C3OC(C2C(=O)N1c1ccccc1)C1C3C(c2cnn(-c3ccccc3)n2)=NN1c1ccccc1. The molecule has 4 aromatic rings. The van der Waals surface area contributed by atoms with Gasteiger partial charge in [-0.1, -0.05) is 54.6 Å². The molecule has 5 heterocycles. The first-order chi connectivity index (χ1) is 18.7. The molecular formula is C29H22N6O3. The number of carbonyl (C=O) groups is 2. The number of rotatable bonds is 4. The van der Waals surface area contributed by atoms with Gasteiger partial charge in [-0.2, -0.15) is 15.0 Å². The predicted molar refractivity (Wildman–Crippen MR) is 139 cm³/mol. The summed E-state index contributed by atoms with van der Waals surface area (Å²) in [5.74, 6) is -1.74. The second kappa shape index (κ2) is 7.93. The van der Waals surface area contributed by atoms with Gasteiger partial charge in [0.15, 0.2) is 0 Å². The van der Waals surface area contributed by atoms with Crippen LogP contribution < -0.4 is 9.91 Å². The van der Waals surface area contributed by atoms with E-state index in [-0.39, 0.29) is 23.8 Å². The van der Waals surface area contributed by atoms with Crippen molar-refractivity contribution in [1.29, 1.82) is 0 Å². The van der Waals surface area contributed by atoms with Crippen LogP contribution in [0.2, 0.25) is 0 Å². The smallest absolute Gasteiger partial charge is 0.240 e. The highest BCUT2D eigenvalue weighted by molar-refractivity contribution is 6.23. The molecule has 186 valence electrons. The summed E-state index contributed by atoms with van der Waals surface area (Å²) in [4.78, 5) is 30.3. The van der Waals surface area contributed by atoms with Crippen molar-refractivity contribution in [2.75, 3.05) is 9.91 Å². The number of imide groups is 1. The van der Waals surface area contributed by atoms with Crippen LogP contribution in [-0.4, -0.2) is 50.8 Å². The second-order valence-electron chi connectivity index (χ2n) is 10.0. The molecule has 38 heavy (non-hydrogen) atoms. The molecule has 2 bridgehead atoms. The minimum Gasteiger partial charge on any atom is -0.370 e. The summed E-state index contributed by atoms with van der Waals surface area (Å²) in [6.07, 6.45) is 0.763. The largest absolute Gasteiger partial charge is 0.370 e. The van der Waals surface area contributed by atoms with Crippen LogP contribution in [0.1, 0.15) is 5.69 Å². The number of fused-ring (bicyclic) bond motifs is 8. The number of carbonyl (C=O) groups excluding carboxylic acids is 2. The summed E-state index contributed by atoms with van der Waals surface area (Å²) in [6, 6.07) is 28.4. The maximum Gasteiger partial charge on any atom is 0.240 e. The summed E-state index contributed by atoms with van der Waals surface area (Å²) >= 11 is 0. The molecule has 6 unspecified atom stereocenters. The quantitative estimate of drug-likeness (QED) is 0.399. The summed E-state index contributed by atoms with van der Waals surface area (Å²) in [6.45, 7) is 0. The molecule has 0 saturated carbocycles. The van der Waals surface area contributed by atoms with Gasteiger partial charge in [0.2, 0.25) is 11.8 Å². The van der Waals surface area contributed by atoms with Gasteiger partial charge in [0.1, 0.15) is 5.69 Å². The zero-order chi connectivity index (χ0) is 25.4. The minimum atomic E-state index is -0.556. The molecule has 2 amide bonds. The summed E-state index contributed by atoms with van der Waals surface area (Å²) < 4.78 is 6.48. The first kappa shape index (κ1) is 21.5. The van der Waals surface area contributed by atoms with E-state index in [1.807, 2.05) is 83.9 Å². The highest BCUT2D eigenvalue weighted by atomic mass is 16.5. The Hall–Kier alpha value is -4.63. The Bertz CT molecular complexity index is 1590. The van der Waals surface area contributed by atoms with Gasteiger partial charge >= 0.3 is 0 Å². The van der Waals surface area contributed by atoms with E-state index in [4.69, 9.17) is 14.9 Å². The van der Waals surface area contributed by atoms with Crippen LogP contribution in [0.3, 0.4) is 0 Å². The molecule has 0 aliphatic carbocycles. The van der Waals surface area contributed by atoms with E-state index in [2.05, 4.69) is 5.10 Å². The lowest BCUT2D eigenvalue weighted by atomic mass is 9.70. The first-order valence-electron chi connectivity index (χ1n) is 12.7. The van der Waals surface area contributed by atoms with Gasteiger partial charge in [-0.3, -0.25) is 14.6 Å². The number of amides is 2. The second-order valence-corrected chi connectivity index (χ2v) is 10.0. The van der Waals surface area contributed by atoms with Gasteiger partial charge in [0, 0.05) is 0 Å². The third kappa shape index (κ3) is 2.87. The Balaban J connectivity index is 1.21. The van der Waals surface area contributed by atoms with Crippen LogP contribution in [0.5, 0.6) is 0 Å². The third-order valence-corrected chi connectivity index (χ3v) is 8.07. The van der Waals surface area contributed by atoms with Crippen molar-refractivity contribution in [3.63, 3.8) is 0 Å². The molecule has 9 heteroatoms. The molecular weight excluding hydrogens is 480 g/mol. The van der Waals surface area contributed by atoms with E-state index in [1.54, 1.807) is 23.1 Å². The molecule has 3 aromatic carbocycles. The average Bonchev–Trinajstić information content (AvgIpc) is 3.77. The van der Waals surface area contributed by atoms with Crippen molar-refractivity contribution in [2.24, 2.45) is 22.9 Å². The number of aromatic nitrogens is 3. The molecule has 0 radical (unpaired) electrons. The van der Waals surface area contributed by atoms with Crippen LogP contribution in [-0.2, 0) is 14.3 Å². The van der Waals surface area contributed by atoms with Crippen molar-refractivity contribution in [2.45, 2.75) is 18.2 Å². The zero-order valence-corrected chi connectivity index (χ0v) is 20.1. The number of hydrazone groups is 1. The lowest BCUT2D eigenvalue weighted by Gasteiger charge is -2.32. The third-order valence-electron chi connectivity index (χ3n) is 8.07. The number of nitrogens with zero attached hydrogens (tertiary/aromatic N) is 6. The van der Waals surface area contributed by atoms with E-state index in [0.717, 1.165) is 17.1 Å². The number of ether oxygens (including phenoxy) is 1. The van der Waals surface area contributed by atoms with E-state index in [1.165, 1.54) is 4.90 Å². The van der Waals surface area contributed by atoms with Crippen LogP contribution in [0, 0.1) is 17.8 Å². The number of para-hydroxylation sites is 3. The molecule has 4 aliphatic heterocycles. The van der Waals surface area contributed by atoms with E-state index < -0.39 is 24.0 Å². The summed E-state index contributed by atoms with van der Waals surface area (Å²) in [5.41, 5.74) is 3.70. The topological polar surface area (TPSA) is 92.9 Å². The van der Waals surface area contributed by atoms with Gasteiger partial charge in [0.25, 0.3) is 0 Å². The minimum absolute atomic E-state index is 0.200. The Labute approximate surface area is 217 Å². The normalized spacial score (nSPS) is 29.1.